The molecule has 2 amide bonds. The fourth-order valence-electron chi connectivity index (χ4n) is 2.89. The van der Waals surface area contributed by atoms with Crippen molar-refractivity contribution in [1.29, 1.82) is 0 Å². The van der Waals surface area contributed by atoms with Crippen molar-refractivity contribution in [3.8, 4) is 0 Å². The minimum absolute atomic E-state index is 0.0510. The van der Waals surface area contributed by atoms with Gasteiger partial charge in [-0.2, -0.15) is 13.2 Å². The van der Waals surface area contributed by atoms with E-state index in [2.05, 4.69) is 15.6 Å². The van der Waals surface area contributed by atoms with Gasteiger partial charge in [0, 0.05) is 13.0 Å². The topological polar surface area (TPSA) is 71.1 Å². The summed E-state index contributed by atoms with van der Waals surface area (Å²) in [5.41, 5.74) is -1.28. The number of alkyl halides is 3. The smallest absolute Gasteiger partial charge is 0.355 e. The summed E-state index contributed by atoms with van der Waals surface area (Å²) in [6.45, 7) is 0.101. The first-order valence-electron chi connectivity index (χ1n) is 8.32. The van der Waals surface area contributed by atoms with Gasteiger partial charge in [0.25, 0.3) is 0 Å². The Morgan fingerprint density at radius 3 is 2.52 bits per heavy atom. The number of halogens is 6. The lowest BCUT2D eigenvalue weighted by molar-refractivity contribution is -0.141. The van der Waals surface area contributed by atoms with Crippen LogP contribution >= 0.6 is 23.2 Å². The molecule has 3 rings (SSSR count). The lowest BCUT2D eigenvalue weighted by Crippen LogP contribution is -2.36. The predicted molar refractivity (Wildman–Crippen MR) is 96.8 cm³/mol. The van der Waals surface area contributed by atoms with E-state index in [0.29, 0.717) is 0 Å². The van der Waals surface area contributed by atoms with E-state index in [-0.39, 0.29) is 35.2 Å². The fourth-order valence-corrected chi connectivity index (χ4v) is 3.29. The van der Waals surface area contributed by atoms with Crippen LogP contribution < -0.4 is 10.6 Å². The normalized spacial score (nSPS) is 17.7. The van der Waals surface area contributed by atoms with Crippen LogP contribution in [-0.4, -0.2) is 23.3 Å². The first-order chi connectivity index (χ1) is 13.6. The molecule has 0 spiro atoms. The van der Waals surface area contributed by atoms with Gasteiger partial charge >= 0.3 is 6.18 Å². The Kier molecular flexibility index (Phi) is 6.00. The highest BCUT2D eigenvalue weighted by Crippen LogP contribution is 2.35. The van der Waals surface area contributed by atoms with Gasteiger partial charge in [-0.3, -0.25) is 9.59 Å². The molecule has 0 aliphatic carbocycles. The molecule has 1 aliphatic rings. The fraction of sp³-hybridized carbons (Fsp3) is 0.278. The van der Waals surface area contributed by atoms with Gasteiger partial charge in [0.15, 0.2) is 5.69 Å². The maximum atomic E-state index is 13.5. The molecule has 2 heterocycles. The van der Waals surface area contributed by atoms with Crippen LogP contribution in [0, 0.1) is 11.7 Å². The molecule has 1 aromatic heterocycles. The number of amides is 2. The Morgan fingerprint density at radius 2 is 1.93 bits per heavy atom. The highest BCUT2D eigenvalue weighted by molar-refractivity contribution is 6.31. The number of benzene rings is 1. The SMILES string of the molecule is O=C1C[C@H](C(=O)N[C@H](c2ccc(F)c(Cl)c2)c2ccc(Cl)c(C(F)(F)F)n2)CN1. The van der Waals surface area contributed by atoms with Crippen molar-refractivity contribution in [2.24, 2.45) is 5.92 Å². The Labute approximate surface area is 172 Å². The van der Waals surface area contributed by atoms with Crippen molar-refractivity contribution in [2.45, 2.75) is 18.6 Å². The van der Waals surface area contributed by atoms with Gasteiger partial charge in [0.2, 0.25) is 11.8 Å². The average molecular weight is 450 g/mol. The van der Waals surface area contributed by atoms with Crippen molar-refractivity contribution in [3.05, 3.63) is 63.1 Å². The second-order valence-electron chi connectivity index (χ2n) is 6.38. The third kappa shape index (κ3) is 4.79. The Morgan fingerprint density at radius 1 is 1.21 bits per heavy atom. The number of nitrogens with zero attached hydrogens (tertiary/aromatic N) is 1. The second kappa shape index (κ2) is 8.16. The van der Waals surface area contributed by atoms with E-state index in [0.717, 1.165) is 12.1 Å². The summed E-state index contributed by atoms with van der Waals surface area (Å²) in [6, 6.07) is 4.54. The summed E-state index contributed by atoms with van der Waals surface area (Å²) >= 11 is 11.4. The standard InChI is InChI=1S/C18H13Cl2F4N3O2/c19-10-2-4-13(26-16(10)18(22,23)24)15(8-1-3-12(21)11(20)5-8)27-17(29)9-6-14(28)25-7-9/h1-5,9,15H,6-7H2,(H,25,28)(H,27,29)/t9-,15+/m0/s1. The molecule has 5 nitrogen and oxygen atoms in total. The minimum Gasteiger partial charge on any atom is -0.355 e. The number of rotatable bonds is 4. The van der Waals surface area contributed by atoms with Crippen LogP contribution in [0.3, 0.4) is 0 Å². The first-order valence-corrected chi connectivity index (χ1v) is 9.07. The summed E-state index contributed by atoms with van der Waals surface area (Å²) in [5.74, 6) is -2.31. The lowest BCUT2D eigenvalue weighted by Gasteiger charge is -2.22. The molecule has 0 saturated carbocycles. The third-order valence-electron chi connectivity index (χ3n) is 4.34. The maximum Gasteiger partial charge on any atom is 0.434 e. The van der Waals surface area contributed by atoms with E-state index in [1.165, 1.54) is 18.2 Å². The van der Waals surface area contributed by atoms with E-state index in [4.69, 9.17) is 23.2 Å². The molecule has 0 unspecified atom stereocenters. The largest absolute Gasteiger partial charge is 0.434 e. The predicted octanol–water partition coefficient (Wildman–Crippen LogP) is 3.89. The Balaban J connectivity index is 2.02. The quantitative estimate of drug-likeness (QED) is 0.695. The molecule has 0 radical (unpaired) electrons. The van der Waals surface area contributed by atoms with Gasteiger partial charge in [-0.25, -0.2) is 9.37 Å². The third-order valence-corrected chi connectivity index (χ3v) is 4.94. The van der Waals surface area contributed by atoms with Gasteiger partial charge in [-0.05, 0) is 29.8 Å². The molecule has 2 N–H and O–H groups in total. The first kappa shape index (κ1) is 21.3. The van der Waals surface area contributed by atoms with Crippen molar-refractivity contribution >= 4 is 35.0 Å². The van der Waals surface area contributed by atoms with Crippen molar-refractivity contribution in [2.75, 3.05) is 6.54 Å². The summed E-state index contributed by atoms with van der Waals surface area (Å²) in [7, 11) is 0. The summed E-state index contributed by atoms with van der Waals surface area (Å²) in [4.78, 5) is 27.5. The number of hydrogen-bond acceptors (Lipinski definition) is 3. The average Bonchev–Trinajstić information content (AvgIpc) is 3.08. The number of aromatic nitrogens is 1. The Bertz CT molecular complexity index is 969. The van der Waals surface area contributed by atoms with Crippen molar-refractivity contribution < 1.29 is 27.2 Å². The zero-order valence-electron chi connectivity index (χ0n) is 14.5. The van der Waals surface area contributed by atoms with E-state index in [1.54, 1.807) is 0 Å². The van der Waals surface area contributed by atoms with Gasteiger partial charge in [0.1, 0.15) is 5.82 Å². The van der Waals surface area contributed by atoms with Crippen LogP contribution in [0.15, 0.2) is 30.3 Å². The zero-order chi connectivity index (χ0) is 21.3. The van der Waals surface area contributed by atoms with Crippen LogP contribution in [0.5, 0.6) is 0 Å². The molecule has 1 saturated heterocycles. The number of hydrogen-bond donors (Lipinski definition) is 2. The molecule has 2 atom stereocenters. The van der Waals surface area contributed by atoms with Gasteiger partial charge < -0.3 is 10.6 Å². The second-order valence-corrected chi connectivity index (χ2v) is 7.20. The lowest BCUT2D eigenvalue weighted by atomic mass is 10.0. The summed E-state index contributed by atoms with van der Waals surface area (Å²) < 4.78 is 53.2. The van der Waals surface area contributed by atoms with E-state index in [1.807, 2.05) is 0 Å². The summed E-state index contributed by atoms with van der Waals surface area (Å²) in [5, 5.41) is 4.20. The molecule has 1 fully saturated rings. The molecule has 2 aromatic rings. The van der Waals surface area contributed by atoms with Gasteiger partial charge in [-0.1, -0.05) is 29.3 Å². The zero-order valence-corrected chi connectivity index (χ0v) is 16.0. The van der Waals surface area contributed by atoms with E-state index < -0.39 is 40.6 Å². The van der Waals surface area contributed by atoms with E-state index >= 15 is 0 Å². The van der Waals surface area contributed by atoms with Crippen molar-refractivity contribution in [1.82, 2.24) is 15.6 Å². The van der Waals surface area contributed by atoms with Crippen LogP contribution in [0.25, 0.3) is 0 Å². The molecule has 29 heavy (non-hydrogen) atoms. The molecule has 1 aromatic carbocycles. The number of nitrogens with one attached hydrogen (secondary N) is 2. The molecular weight excluding hydrogens is 437 g/mol. The monoisotopic (exact) mass is 449 g/mol. The Hall–Kier alpha value is -2.39. The maximum absolute atomic E-state index is 13.5. The number of pyridine rings is 1. The number of carbonyl (C=O) groups excluding carboxylic acids is 2. The van der Waals surface area contributed by atoms with Crippen molar-refractivity contribution in [3.63, 3.8) is 0 Å². The highest BCUT2D eigenvalue weighted by Gasteiger charge is 2.37. The molecule has 11 heteroatoms. The van der Waals surface area contributed by atoms with Crippen LogP contribution in [0.2, 0.25) is 10.0 Å². The minimum atomic E-state index is -4.82. The molecule has 0 bridgehead atoms. The molecule has 1 aliphatic heterocycles. The highest BCUT2D eigenvalue weighted by atomic mass is 35.5. The van der Waals surface area contributed by atoms with Crippen LogP contribution in [-0.2, 0) is 15.8 Å². The van der Waals surface area contributed by atoms with Gasteiger partial charge in [0.05, 0.1) is 27.7 Å². The number of carbonyl (C=O) groups is 2. The van der Waals surface area contributed by atoms with Gasteiger partial charge in [-0.15, -0.1) is 0 Å². The molecule has 154 valence electrons. The van der Waals surface area contributed by atoms with Crippen LogP contribution in [0.1, 0.15) is 29.4 Å². The summed E-state index contributed by atoms with van der Waals surface area (Å²) in [6.07, 6.45) is -4.87. The van der Waals surface area contributed by atoms with E-state index in [9.17, 15) is 27.2 Å². The van der Waals surface area contributed by atoms with Crippen LogP contribution in [0.4, 0.5) is 17.6 Å². The molecular formula is C18H13Cl2F4N3O2.